The predicted molar refractivity (Wildman–Crippen MR) is 51.2 cm³/mol. The minimum atomic E-state index is 1.05. The van der Waals surface area contributed by atoms with Gasteiger partial charge in [0.15, 0.2) is 0 Å². The Morgan fingerprint density at radius 3 is 2.92 bits per heavy atom. The van der Waals surface area contributed by atoms with Gasteiger partial charge in [0.25, 0.3) is 0 Å². The summed E-state index contributed by atoms with van der Waals surface area (Å²) in [5.41, 5.74) is 2.87. The zero-order chi connectivity index (χ0) is 8.39. The Morgan fingerprint density at radius 2 is 2.33 bits per heavy atom. The summed E-state index contributed by atoms with van der Waals surface area (Å²) in [7, 11) is 0. The second-order valence-electron chi connectivity index (χ2n) is 3.87. The van der Waals surface area contributed by atoms with Crippen LogP contribution in [0.3, 0.4) is 0 Å². The number of aromatic nitrogens is 1. The molecule has 12 heavy (non-hydrogen) atoms. The van der Waals surface area contributed by atoms with Gasteiger partial charge in [0.2, 0.25) is 0 Å². The van der Waals surface area contributed by atoms with E-state index in [-0.39, 0.29) is 0 Å². The first-order valence-corrected chi connectivity index (χ1v) is 5.04. The zero-order valence-corrected chi connectivity index (χ0v) is 7.77. The predicted octanol–water partition coefficient (Wildman–Crippen LogP) is 2.92. The molecule has 66 valence electrons. The molecule has 0 amide bonds. The fourth-order valence-electron chi connectivity index (χ4n) is 1.61. The molecule has 1 heterocycles. The van der Waals surface area contributed by atoms with E-state index in [0.717, 1.165) is 12.3 Å². The third-order valence-electron chi connectivity index (χ3n) is 2.73. The molecule has 0 aliphatic heterocycles. The van der Waals surface area contributed by atoms with Crippen LogP contribution >= 0.6 is 0 Å². The van der Waals surface area contributed by atoms with Crippen molar-refractivity contribution >= 4 is 0 Å². The average molecular weight is 163 g/mol. The van der Waals surface area contributed by atoms with Gasteiger partial charge in [-0.3, -0.25) is 0 Å². The molecule has 1 aromatic heterocycles. The lowest BCUT2D eigenvalue weighted by atomic mass is 10.1. The van der Waals surface area contributed by atoms with E-state index in [1.165, 1.54) is 36.9 Å². The Kier molecular flexibility index (Phi) is 2.20. The average Bonchev–Trinajstić information content (AvgIpc) is 2.81. The number of hydrogen-bond donors (Lipinski definition) is 1. The molecule has 1 aromatic rings. The first-order chi connectivity index (χ1) is 5.88. The Hall–Kier alpha value is -0.720. The van der Waals surface area contributed by atoms with E-state index >= 15 is 0 Å². The molecular formula is C11H17N. The van der Waals surface area contributed by atoms with Gasteiger partial charge in [0.05, 0.1) is 0 Å². The molecule has 0 bridgehead atoms. The molecule has 0 saturated heterocycles. The van der Waals surface area contributed by atoms with Gasteiger partial charge in [-0.25, -0.2) is 0 Å². The maximum absolute atomic E-state index is 3.34. The fourth-order valence-corrected chi connectivity index (χ4v) is 1.61. The van der Waals surface area contributed by atoms with Crippen molar-refractivity contribution in [3.8, 4) is 0 Å². The Bertz CT molecular complexity index is 245. The second kappa shape index (κ2) is 3.34. The van der Waals surface area contributed by atoms with Crippen molar-refractivity contribution in [1.29, 1.82) is 0 Å². The molecule has 1 aliphatic rings. The molecule has 1 nitrogen and oxygen atoms in total. The molecular weight excluding hydrogens is 146 g/mol. The monoisotopic (exact) mass is 163 g/mol. The highest BCUT2D eigenvalue weighted by molar-refractivity contribution is 5.16. The van der Waals surface area contributed by atoms with E-state index in [2.05, 4.69) is 24.2 Å². The summed E-state index contributed by atoms with van der Waals surface area (Å²) in [5.74, 6) is 1.05. The molecule has 1 saturated carbocycles. The Balaban J connectivity index is 1.84. The Morgan fingerprint density at radius 1 is 1.50 bits per heavy atom. The zero-order valence-electron chi connectivity index (χ0n) is 7.77. The normalized spacial score (nSPS) is 16.8. The summed E-state index contributed by atoms with van der Waals surface area (Å²) < 4.78 is 0. The van der Waals surface area contributed by atoms with Crippen molar-refractivity contribution in [2.24, 2.45) is 5.92 Å². The van der Waals surface area contributed by atoms with Gasteiger partial charge in [-0.05, 0) is 36.8 Å². The molecule has 1 fully saturated rings. The van der Waals surface area contributed by atoms with Crippen LogP contribution in [0.2, 0.25) is 0 Å². The molecule has 0 spiro atoms. The summed E-state index contributed by atoms with van der Waals surface area (Å²) in [6, 6.07) is 2.31. The van der Waals surface area contributed by atoms with Crippen molar-refractivity contribution in [1.82, 2.24) is 4.98 Å². The van der Waals surface area contributed by atoms with Crippen LogP contribution in [-0.2, 0) is 12.8 Å². The summed E-state index contributed by atoms with van der Waals surface area (Å²) >= 11 is 0. The summed E-state index contributed by atoms with van der Waals surface area (Å²) in [5, 5.41) is 0. The van der Waals surface area contributed by atoms with Crippen molar-refractivity contribution in [2.45, 2.75) is 39.0 Å². The lowest BCUT2D eigenvalue weighted by molar-refractivity contribution is 0.717. The number of nitrogens with one attached hydrogen (secondary N) is 1. The van der Waals surface area contributed by atoms with Gasteiger partial charge in [0, 0.05) is 11.9 Å². The van der Waals surface area contributed by atoms with Crippen LogP contribution < -0.4 is 0 Å². The highest BCUT2D eigenvalue weighted by Crippen LogP contribution is 2.33. The second-order valence-corrected chi connectivity index (χ2v) is 3.87. The molecule has 0 aromatic carbocycles. The minimum Gasteiger partial charge on any atom is -0.365 e. The lowest BCUT2D eigenvalue weighted by Crippen LogP contribution is -1.85. The molecule has 1 aliphatic carbocycles. The largest absolute Gasteiger partial charge is 0.365 e. The van der Waals surface area contributed by atoms with Crippen LogP contribution in [0.25, 0.3) is 0 Å². The maximum atomic E-state index is 3.34. The first kappa shape index (κ1) is 7.90. The standard InChI is InChI=1S/C11H17N/c1-2-9-7-11(12-8-9)6-5-10-3-4-10/h7-8,10,12H,2-6H2,1H3. The van der Waals surface area contributed by atoms with E-state index < -0.39 is 0 Å². The van der Waals surface area contributed by atoms with Crippen molar-refractivity contribution < 1.29 is 0 Å². The van der Waals surface area contributed by atoms with Crippen LogP contribution in [0.15, 0.2) is 12.3 Å². The highest BCUT2D eigenvalue weighted by atomic mass is 14.7. The molecule has 1 heteroatoms. The van der Waals surface area contributed by atoms with Crippen LogP contribution in [0.1, 0.15) is 37.4 Å². The number of rotatable bonds is 4. The molecule has 0 atom stereocenters. The Labute approximate surface area is 74.2 Å². The quantitative estimate of drug-likeness (QED) is 0.702. The van der Waals surface area contributed by atoms with Crippen molar-refractivity contribution in [3.63, 3.8) is 0 Å². The van der Waals surface area contributed by atoms with Gasteiger partial charge in [-0.1, -0.05) is 19.8 Å². The SMILES string of the molecule is CCc1c[nH]c(CCC2CC2)c1. The van der Waals surface area contributed by atoms with E-state index in [0.29, 0.717) is 0 Å². The fraction of sp³-hybridized carbons (Fsp3) is 0.636. The summed E-state index contributed by atoms with van der Waals surface area (Å²) in [4.78, 5) is 3.34. The molecule has 1 N–H and O–H groups in total. The first-order valence-electron chi connectivity index (χ1n) is 5.04. The van der Waals surface area contributed by atoms with Crippen LogP contribution in [0.5, 0.6) is 0 Å². The van der Waals surface area contributed by atoms with E-state index in [1.54, 1.807) is 0 Å². The van der Waals surface area contributed by atoms with Crippen molar-refractivity contribution in [2.75, 3.05) is 0 Å². The molecule has 0 radical (unpaired) electrons. The van der Waals surface area contributed by atoms with Crippen LogP contribution in [0, 0.1) is 5.92 Å². The highest BCUT2D eigenvalue weighted by Gasteiger charge is 2.20. The summed E-state index contributed by atoms with van der Waals surface area (Å²) in [6.45, 7) is 2.20. The van der Waals surface area contributed by atoms with E-state index in [9.17, 15) is 0 Å². The van der Waals surface area contributed by atoms with Gasteiger partial charge < -0.3 is 4.98 Å². The van der Waals surface area contributed by atoms with Gasteiger partial charge in [0.1, 0.15) is 0 Å². The molecule has 0 unspecified atom stereocenters. The van der Waals surface area contributed by atoms with Gasteiger partial charge in [-0.2, -0.15) is 0 Å². The third-order valence-corrected chi connectivity index (χ3v) is 2.73. The van der Waals surface area contributed by atoms with Gasteiger partial charge in [-0.15, -0.1) is 0 Å². The number of aryl methyl sites for hydroxylation is 2. The van der Waals surface area contributed by atoms with E-state index in [4.69, 9.17) is 0 Å². The lowest BCUT2D eigenvalue weighted by Gasteiger charge is -1.94. The summed E-state index contributed by atoms with van der Waals surface area (Å²) in [6.07, 6.45) is 8.89. The van der Waals surface area contributed by atoms with Crippen LogP contribution in [0.4, 0.5) is 0 Å². The molecule has 2 rings (SSSR count). The number of H-pyrrole nitrogens is 1. The minimum absolute atomic E-state index is 1.05. The topological polar surface area (TPSA) is 15.8 Å². The van der Waals surface area contributed by atoms with Gasteiger partial charge >= 0.3 is 0 Å². The van der Waals surface area contributed by atoms with Crippen molar-refractivity contribution in [3.05, 3.63) is 23.5 Å². The number of hydrogen-bond acceptors (Lipinski definition) is 0. The smallest absolute Gasteiger partial charge is 0.0150 e. The third kappa shape index (κ3) is 1.90. The van der Waals surface area contributed by atoms with E-state index in [1.807, 2.05) is 0 Å². The van der Waals surface area contributed by atoms with Crippen LogP contribution in [-0.4, -0.2) is 4.98 Å². The number of aromatic amines is 1. The maximum Gasteiger partial charge on any atom is 0.0150 e.